The molecule has 0 spiro atoms. The van der Waals surface area contributed by atoms with E-state index in [9.17, 15) is 4.79 Å². The van der Waals surface area contributed by atoms with Crippen molar-refractivity contribution in [2.75, 3.05) is 11.4 Å². The smallest absolute Gasteiger partial charge is 0.308 e. The van der Waals surface area contributed by atoms with E-state index in [1.807, 2.05) is 0 Å². The molecule has 24 heavy (non-hydrogen) atoms. The fourth-order valence-corrected chi connectivity index (χ4v) is 4.00. The van der Waals surface area contributed by atoms with Gasteiger partial charge >= 0.3 is 5.97 Å². The van der Waals surface area contributed by atoms with Crippen molar-refractivity contribution in [3.05, 3.63) is 51.5 Å². The number of esters is 1. The van der Waals surface area contributed by atoms with Gasteiger partial charge < -0.3 is 9.64 Å². The average Bonchev–Trinajstić information content (AvgIpc) is 2.93. The predicted octanol–water partition coefficient (Wildman–Crippen LogP) is 5.10. The maximum Gasteiger partial charge on any atom is 0.308 e. The molecule has 128 valence electrons. The number of carbonyl (C=O) groups is 1. The zero-order valence-electron chi connectivity index (χ0n) is 14.7. The molecule has 4 heteroatoms. The van der Waals surface area contributed by atoms with Gasteiger partial charge in [0.2, 0.25) is 0 Å². The first-order chi connectivity index (χ1) is 11.3. The van der Waals surface area contributed by atoms with Crippen LogP contribution in [0.1, 0.15) is 46.1 Å². The van der Waals surface area contributed by atoms with Gasteiger partial charge in [-0.3, -0.25) is 4.79 Å². The fraction of sp³-hybridized carbons (Fsp3) is 0.450. The third kappa shape index (κ3) is 2.92. The lowest BCUT2D eigenvalue weighted by molar-refractivity contribution is -0.141. The highest BCUT2D eigenvalue weighted by molar-refractivity contribution is 9.10. The maximum atomic E-state index is 12.2. The van der Waals surface area contributed by atoms with Crippen LogP contribution in [-0.2, 0) is 14.9 Å². The lowest BCUT2D eigenvalue weighted by Crippen LogP contribution is -2.42. The van der Waals surface area contributed by atoms with Crippen LogP contribution in [0.4, 0.5) is 5.69 Å². The SMILES string of the molecule is CC(C)=CCN1c2cc(Br)ccc2C2(CC=C(C)C)CC(=O)OC12. The summed E-state index contributed by atoms with van der Waals surface area (Å²) in [6.45, 7) is 9.13. The quantitative estimate of drug-likeness (QED) is 0.529. The van der Waals surface area contributed by atoms with Gasteiger partial charge in [-0.05, 0) is 51.8 Å². The molecular formula is C20H24BrNO2. The van der Waals surface area contributed by atoms with Crippen molar-refractivity contribution in [2.45, 2.75) is 52.2 Å². The number of fused-ring (bicyclic) bond motifs is 3. The van der Waals surface area contributed by atoms with Gasteiger partial charge in [0.05, 0.1) is 11.8 Å². The van der Waals surface area contributed by atoms with E-state index in [1.54, 1.807) is 0 Å². The highest BCUT2D eigenvalue weighted by Crippen LogP contribution is 2.54. The molecule has 0 aromatic heterocycles. The molecule has 1 saturated heterocycles. The van der Waals surface area contributed by atoms with Gasteiger partial charge in [0.15, 0.2) is 6.23 Å². The third-order valence-corrected chi connectivity index (χ3v) is 5.33. The van der Waals surface area contributed by atoms with Crippen molar-refractivity contribution in [1.82, 2.24) is 0 Å². The monoisotopic (exact) mass is 389 g/mol. The Balaban J connectivity index is 2.11. The summed E-state index contributed by atoms with van der Waals surface area (Å²) in [5.74, 6) is -0.0991. The number of carbonyl (C=O) groups excluding carboxylic acids is 1. The van der Waals surface area contributed by atoms with Gasteiger partial charge in [-0.1, -0.05) is 45.3 Å². The Hall–Kier alpha value is -1.55. The van der Waals surface area contributed by atoms with Crippen LogP contribution in [-0.4, -0.2) is 18.7 Å². The molecule has 2 heterocycles. The normalized spacial score (nSPS) is 24.3. The lowest BCUT2D eigenvalue weighted by atomic mass is 9.76. The first kappa shape index (κ1) is 17.3. The van der Waals surface area contributed by atoms with Crippen LogP contribution in [0.15, 0.2) is 46.0 Å². The summed E-state index contributed by atoms with van der Waals surface area (Å²) in [6, 6.07) is 6.35. The molecule has 1 aromatic rings. The molecule has 0 saturated carbocycles. The van der Waals surface area contributed by atoms with E-state index >= 15 is 0 Å². The van der Waals surface area contributed by atoms with Crippen molar-refractivity contribution in [3.63, 3.8) is 0 Å². The van der Waals surface area contributed by atoms with Crippen LogP contribution in [0.2, 0.25) is 0 Å². The molecule has 0 aliphatic carbocycles. The lowest BCUT2D eigenvalue weighted by Gasteiger charge is -2.30. The van der Waals surface area contributed by atoms with E-state index in [4.69, 9.17) is 4.74 Å². The first-order valence-corrected chi connectivity index (χ1v) is 9.16. The van der Waals surface area contributed by atoms with Crippen molar-refractivity contribution in [1.29, 1.82) is 0 Å². The first-order valence-electron chi connectivity index (χ1n) is 8.36. The molecule has 3 nitrogen and oxygen atoms in total. The minimum Gasteiger partial charge on any atom is -0.440 e. The van der Waals surface area contributed by atoms with Crippen LogP contribution in [0.25, 0.3) is 0 Å². The molecule has 2 unspecified atom stereocenters. The number of rotatable bonds is 4. The summed E-state index contributed by atoms with van der Waals surface area (Å²) >= 11 is 3.58. The molecule has 0 radical (unpaired) electrons. The van der Waals surface area contributed by atoms with E-state index in [-0.39, 0.29) is 17.6 Å². The molecule has 0 N–H and O–H groups in total. The molecule has 0 amide bonds. The molecular weight excluding hydrogens is 366 g/mol. The van der Waals surface area contributed by atoms with E-state index in [0.717, 1.165) is 17.4 Å². The largest absolute Gasteiger partial charge is 0.440 e. The van der Waals surface area contributed by atoms with E-state index in [2.05, 4.69) is 78.9 Å². The number of benzene rings is 1. The Kier molecular flexibility index (Phi) is 4.60. The second-order valence-corrected chi connectivity index (χ2v) is 8.17. The molecule has 2 aliphatic heterocycles. The van der Waals surface area contributed by atoms with E-state index in [1.165, 1.54) is 22.4 Å². The zero-order valence-corrected chi connectivity index (χ0v) is 16.3. The van der Waals surface area contributed by atoms with Crippen LogP contribution in [0.5, 0.6) is 0 Å². The zero-order chi connectivity index (χ0) is 17.5. The standard InChI is InChI=1S/C20H24BrNO2/c1-13(2)7-9-20-12-18(23)24-19(20)22(10-8-14(3)4)17-11-15(21)5-6-16(17)20/h5-8,11,19H,9-10,12H2,1-4H3. The summed E-state index contributed by atoms with van der Waals surface area (Å²) in [7, 11) is 0. The molecule has 0 bridgehead atoms. The van der Waals surface area contributed by atoms with E-state index in [0.29, 0.717) is 6.42 Å². The van der Waals surface area contributed by atoms with Crippen molar-refractivity contribution in [3.8, 4) is 0 Å². The maximum absolute atomic E-state index is 12.2. The van der Waals surface area contributed by atoms with Crippen molar-refractivity contribution in [2.24, 2.45) is 0 Å². The number of ether oxygens (including phenoxy) is 1. The number of halogens is 1. The van der Waals surface area contributed by atoms with Crippen molar-refractivity contribution < 1.29 is 9.53 Å². The Morgan fingerprint density at radius 1 is 1.29 bits per heavy atom. The summed E-state index contributed by atoms with van der Waals surface area (Å²) < 4.78 is 6.85. The second kappa shape index (κ2) is 6.40. The number of allylic oxidation sites excluding steroid dienone is 3. The summed E-state index contributed by atoms with van der Waals surface area (Å²) in [5.41, 5.74) is 4.64. The van der Waals surface area contributed by atoms with Gasteiger partial charge in [0.1, 0.15) is 0 Å². The summed E-state index contributed by atoms with van der Waals surface area (Å²) in [5, 5.41) is 0. The number of nitrogens with zero attached hydrogens (tertiary/aromatic N) is 1. The van der Waals surface area contributed by atoms with Crippen molar-refractivity contribution >= 4 is 27.6 Å². The van der Waals surface area contributed by atoms with Crippen LogP contribution >= 0.6 is 15.9 Å². The Morgan fingerprint density at radius 2 is 2.00 bits per heavy atom. The van der Waals surface area contributed by atoms with Gasteiger partial charge in [-0.15, -0.1) is 0 Å². The Labute approximate surface area is 152 Å². The van der Waals surface area contributed by atoms with Gasteiger partial charge in [0, 0.05) is 16.7 Å². The van der Waals surface area contributed by atoms with Gasteiger partial charge in [-0.25, -0.2) is 0 Å². The molecule has 2 aliphatic rings. The highest BCUT2D eigenvalue weighted by Gasteiger charge is 2.58. The van der Waals surface area contributed by atoms with Gasteiger partial charge in [0.25, 0.3) is 0 Å². The summed E-state index contributed by atoms with van der Waals surface area (Å²) in [6.07, 6.45) is 5.46. The predicted molar refractivity (Wildman–Crippen MR) is 101 cm³/mol. The average molecular weight is 390 g/mol. The van der Waals surface area contributed by atoms with Gasteiger partial charge in [-0.2, -0.15) is 0 Å². The highest BCUT2D eigenvalue weighted by atomic mass is 79.9. The fourth-order valence-electron chi connectivity index (χ4n) is 3.65. The third-order valence-electron chi connectivity index (χ3n) is 4.84. The minimum absolute atomic E-state index is 0.0991. The van der Waals surface area contributed by atoms with E-state index < -0.39 is 0 Å². The molecule has 3 rings (SSSR count). The molecule has 1 aromatic carbocycles. The number of anilines is 1. The minimum atomic E-state index is -0.278. The number of hydrogen-bond donors (Lipinski definition) is 0. The topological polar surface area (TPSA) is 29.5 Å². The summed E-state index contributed by atoms with van der Waals surface area (Å²) in [4.78, 5) is 14.4. The molecule has 2 atom stereocenters. The Morgan fingerprint density at radius 3 is 2.67 bits per heavy atom. The van der Waals surface area contributed by atoms with Crippen LogP contribution in [0.3, 0.4) is 0 Å². The Bertz CT molecular complexity index is 729. The van der Waals surface area contributed by atoms with Crippen LogP contribution in [0, 0.1) is 0 Å². The molecule has 1 fully saturated rings. The van der Waals surface area contributed by atoms with Crippen LogP contribution < -0.4 is 4.90 Å². The number of hydrogen-bond acceptors (Lipinski definition) is 3. The second-order valence-electron chi connectivity index (χ2n) is 7.26.